The maximum Gasteiger partial charge on any atom is 0.225 e. The molecule has 6 heteroatoms. The fourth-order valence-corrected chi connectivity index (χ4v) is 4.30. The Balaban J connectivity index is 1.50. The van der Waals surface area contributed by atoms with E-state index < -0.39 is 0 Å². The van der Waals surface area contributed by atoms with Crippen molar-refractivity contribution in [1.29, 1.82) is 0 Å². The van der Waals surface area contributed by atoms with Gasteiger partial charge >= 0.3 is 0 Å². The van der Waals surface area contributed by atoms with Gasteiger partial charge in [-0.2, -0.15) is 0 Å². The fraction of sp³-hybridized carbons (Fsp3) is 0.765. The molecule has 0 atom stereocenters. The van der Waals surface area contributed by atoms with Gasteiger partial charge in [0.05, 0.1) is 5.69 Å². The van der Waals surface area contributed by atoms with E-state index in [1.54, 1.807) is 18.3 Å². The number of hydrogen-bond acceptors (Lipinski definition) is 5. The molecule has 1 saturated carbocycles. The molecule has 1 aliphatic carbocycles. The highest BCUT2D eigenvalue weighted by atomic mass is 32.1. The van der Waals surface area contributed by atoms with Crippen molar-refractivity contribution >= 4 is 22.4 Å². The average Bonchev–Trinajstić information content (AvgIpc) is 3.26. The first kappa shape index (κ1) is 16.9. The topological polar surface area (TPSA) is 48.5 Å². The minimum Gasteiger partial charge on any atom is -0.320 e. The Morgan fingerprint density at radius 3 is 2.74 bits per heavy atom. The molecule has 0 radical (unpaired) electrons. The van der Waals surface area contributed by atoms with Crippen molar-refractivity contribution in [2.24, 2.45) is 5.92 Å². The summed E-state index contributed by atoms with van der Waals surface area (Å²) in [5.41, 5.74) is 1.12. The predicted octanol–water partition coefficient (Wildman–Crippen LogP) is 2.48. The Hall–Kier alpha value is -0.980. The van der Waals surface area contributed by atoms with Gasteiger partial charge in [0.2, 0.25) is 5.91 Å². The summed E-state index contributed by atoms with van der Waals surface area (Å²) in [7, 11) is 2.03. The molecule has 1 aliphatic heterocycles. The van der Waals surface area contributed by atoms with E-state index in [2.05, 4.69) is 15.6 Å². The number of carbonyl (C=O) groups is 1. The van der Waals surface area contributed by atoms with E-state index in [1.807, 2.05) is 11.9 Å². The van der Waals surface area contributed by atoms with Crippen molar-refractivity contribution < 1.29 is 4.79 Å². The van der Waals surface area contributed by atoms with Crippen molar-refractivity contribution in [1.82, 2.24) is 15.2 Å². The van der Waals surface area contributed by atoms with E-state index >= 15 is 0 Å². The molecular weight excluding hydrogens is 308 g/mol. The predicted molar refractivity (Wildman–Crippen MR) is 94.8 cm³/mol. The summed E-state index contributed by atoms with van der Waals surface area (Å²) in [4.78, 5) is 20.9. The molecule has 0 bridgehead atoms. The standard InChI is InChI=1S/C17H28N4OS/c1-13(22)21(16-3-4-16)17-19-15(12-23-17)11-20-9-6-14(7-10-20)5-8-18-2/h12,14,16,18H,3-11H2,1-2H3. The molecule has 2 heterocycles. The normalized spacial score (nSPS) is 19.9. The van der Waals surface area contributed by atoms with Gasteiger partial charge in [-0.3, -0.25) is 14.6 Å². The molecule has 1 N–H and O–H groups in total. The lowest BCUT2D eigenvalue weighted by molar-refractivity contribution is -0.116. The largest absolute Gasteiger partial charge is 0.320 e. The van der Waals surface area contributed by atoms with Crippen LogP contribution in [0.25, 0.3) is 0 Å². The molecule has 23 heavy (non-hydrogen) atoms. The number of nitrogens with one attached hydrogen (secondary N) is 1. The highest BCUT2D eigenvalue weighted by Gasteiger charge is 2.33. The number of aromatic nitrogens is 1. The van der Waals surface area contributed by atoms with E-state index in [0.29, 0.717) is 6.04 Å². The van der Waals surface area contributed by atoms with Gasteiger partial charge in [0.1, 0.15) is 0 Å². The van der Waals surface area contributed by atoms with Gasteiger partial charge < -0.3 is 5.32 Å². The zero-order valence-corrected chi connectivity index (χ0v) is 15.1. The highest BCUT2D eigenvalue weighted by Crippen LogP contribution is 2.34. The van der Waals surface area contributed by atoms with Crippen molar-refractivity contribution in [2.45, 2.75) is 51.6 Å². The van der Waals surface area contributed by atoms with Crippen LogP contribution in [0.5, 0.6) is 0 Å². The first-order chi connectivity index (χ1) is 11.2. The van der Waals surface area contributed by atoms with Crippen LogP contribution in [-0.2, 0) is 11.3 Å². The lowest BCUT2D eigenvalue weighted by atomic mass is 9.93. The summed E-state index contributed by atoms with van der Waals surface area (Å²) in [5, 5.41) is 6.26. The highest BCUT2D eigenvalue weighted by molar-refractivity contribution is 7.14. The quantitative estimate of drug-likeness (QED) is 0.831. The van der Waals surface area contributed by atoms with Crippen molar-refractivity contribution in [3.05, 3.63) is 11.1 Å². The number of anilines is 1. The van der Waals surface area contributed by atoms with Crippen LogP contribution < -0.4 is 10.2 Å². The van der Waals surface area contributed by atoms with Gasteiger partial charge in [-0.25, -0.2) is 4.98 Å². The molecule has 0 aromatic carbocycles. The third-order valence-electron chi connectivity index (χ3n) is 4.89. The molecule has 0 spiro atoms. The second-order valence-corrected chi connectivity index (χ2v) is 7.69. The number of amides is 1. The minimum atomic E-state index is 0.124. The number of rotatable bonds is 7. The third kappa shape index (κ3) is 4.52. The third-order valence-corrected chi connectivity index (χ3v) is 5.78. The number of likely N-dealkylation sites (tertiary alicyclic amines) is 1. The summed E-state index contributed by atoms with van der Waals surface area (Å²) in [6.07, 6.45) is 6.12. The molecule has 1 aromatic heterocycles. The maximum atomic E-state index is 11.8. The van der Waals surface area contributed by atoms with E-state index in [4.69, 9.17) is 4.98 Å². The summed E-state index contributed by atoms with van der Waals surface area (Å²) >= 11 is 1.61. The van der Waals surface area contributed by atoms with Crippen LogP contribution in [0.4, 0.5) is 5.13 Å². The van der Waals surface area contributed by atoms with Crippen LogP contribution in [-0.4, -0.2) is 48.5 Å². The van der Waals surface area contributed by atoms with Crippen LogP contribution in [0.15, 0.2) is 5.38 Å². The summed E-state index contributed by atoms with van der Waals surface area (Å²) in [5.74, 6) is 0.992. The van der Waals surface area contributed by atoms with E-state index in [1.165, 1.54) is 32.4 Å². The summed E-state index contributed by atoms with van der Waals surface area (Å²) in [6.45, 7) is 6.03. The molecular formula is C17H28N4OS. The zero-order chi connectivity index (χ0) is 16.2. The monoisotopic (exact) mass is 336 g/mol. The molecule has 2 aliphatic rings. The number of nitrogens with zero attached hydrogens (tertiary/aromatic N) is 3. The summed E-state index contributed by atoms with van der Waals surface area (Å²) in [6, 6.07) is 0.398. The molecule has 3 rings (SSSR count). The van der Waals surface area contributed by atoms with E-state index in [-0.39, 0.29) is 5.91 Å². The van der Waals surface area contributed by atoms with Crippen LogP contribution >= 0.6 is 11.3 Å². The van der Waals surface area contributed by atoms with Gasteiger partial charge in [0, 0.05) is 24.9 Å². The molecule has 1 saturated heterocycles. The van der Waals surface area contributed by atoms with Gasteiger partial charge in [0.25, 0.3) is 0 Å². The summed E-state index contributed by atoms with van der Waals surface area (Å²) < 4.78 is 0. The van der Waals surface area contributed by atoms with Crippen molar-refractivity contribution in [3.8, 4) is 0 Å². The molecule has 0 unspecified atom stereocenters. The lowest BCUT2D eigenvalue weighted by Crippen LogP contribution is -2.34. The Kier molecular flexibility index (Phi) is 5.67. The molecule has 128 valence electrons. The lowest BCUT2D eigenvalue weighted by Gasteiger charge is -2.31. The van der Waals surface area contributed by atoms with Crippen LogP contribution in [0.2, 0.25) is 0 Å². The molecule has 5 nitrogen and oxygen atoms in total. The molecule has 1 amide bonds. The second kappa shape index (κ2) is 7.73. The van der Waals surface area contributed by atoms with E-state index in [0.717, 1.165) is 42.7 Å². The van der Waals surface area contributed by atoms with Crippen molar-refractivity contribution in [2.75, 3.05) is 31.6 Å². The van der Waals surface area contributed by atoms with E-state index in [9.17, 15) is 4.79 Å². The Labute approximate surface area is 143 Å². The second-order valence-electron chi connectivity index (χ2n) is 6.85. The number of thiazole rings is 1. The number of piperidine rings is 1. The Bertz CT molecular complexity index is 520. The van der Waals surface area contributed by atoms with Gasteiger partial charge in [-0.1, -0.05) is 0 Å². The number of carbonyl (C=O) groups excluding carboxylic acids is 1. The van der Waals surface area contributed by atoms with Crippen LogP contribution in [0, 0.1) is 5.92 Å². The fourth-order valence-electron chi connectivity index (χ4n) is 3.37. The Morgan fingerprint density at radius 1 is 1.39 bits per heavy atom. The SMILES string of the molecule is CNCCC1CCN(Cc2csc(N(C(C)=O)C3CC3)n2)CC1. The Morgan fingerprint density at radius 2 is 2.13 bits per heavy atom. The van der Waals surface area contributed by atoms with Crippen LogP contribution in [0.3, 0.4) is 0 Å². The first-order valence-corrected chi connectivity index (χ1v) is 9.66. The van der Waals surface area contributed by atoms with Gasteiger partial charge in [-0.15, -0.1) is 11.3 Å². The zero-order valence-electron chi connectivity index (χ0n) is 14.3. The molecule has 2 fully saturated rings. The molecule has 1 aromatic rings. The maximum absolute atomic E-state index is 11.8. The average molecular weight is 337 g/mol. The first-order valence-electron chi connectivity index (χ1n) is 8.78. The van der Waals surface area contributed by atoms with Crippen molar-refractivity contribution in [3.63, 3.8) is 0 Å². The number of hydrogen-bond donors (Lipinski definition) is 1. The minimum absolute atomic E-state index is 0.124. The van der Waals surface area contributed by atoms with Gasteiger partial charge in [0.15, 0.2) is 5.13 Å². The van der Waals surface area contributed by atoms with Gasteiger partial charge in [-0.05, 0) is 64.7 Å². The van der Waals surface area contributed by atoms with Crippen LogP contribution in [0.1, 0.15) is 44.7 Å². The smallest absolute Gasteiger partial charge is 0.225 e.